The van der Waals surface area contributed by atoms with Gasteiger partial charge in [-0.15, -0.1) is 0 Å². The first-order chi connectivity index (χ1) is 13.3. The molecule has 0 unspecified atom stereocenters. The molecule has 1 aromatic carbocycles. The second-order valence-corrected chi connectivity index (χ2v) is 6.11. The number of hydrogen-bond acceptors (Lipinski definition) is 6. The molecule has 4 aromatic rings. The number of rotatable bonds is 6. The fourth-order valence-electron chi connectivity index (χ4n) is 2.71. The highest BCUT2D eigenvalue weighted by Gasteiger charge is 2.08. The number of hydrogen-bond donors (Lipinski definition) is 1. The second-order valence-electron chi connectivity index (χ2n) is 6.11. The summed E-state index contributed by atoms with van der Waals surface area (Å²) in [5.41, 5.74) is 9.52. The van der Waals surface area contributed by atoms with Crippen LogP contribution in [0.2, 0.25) is 0 Å². The van der Waals surface area contributed by atoms with E-state index in [-0.39, 0.29) is 0 Å². The van der Waals surface area contributed by atoms with Crippen molar-refractivity contribution >= 4 is 5.82 Å². The van der Waals surface area contributed by atoms with Crippen LogP contribution in [-0.4, -0.2) is 15.1 Å². The number of nitrogens with two attached hydrogens (primary N) is 1. The van der Waals surface area contributed by atoms with E-state index >= 15 is 0 Å². The van der Waals surface area contributed by atoms with Crippen molar-refractivity contribution in [2.24, 2.45) is 0 Å². The molecule has 0 saturated carbocycles. The van der Waals surface area contributed by atoms with Gasteiger partial charge < -0.3 is 15.0 Å². The van der Waals surface area contributed by atoms with E-state index in [1.807, 2.05) is 42.5 Å². The molecule has 6 nitrogen and oxygen atoms in total. The van der Waals surface area contributed by atoms with Crippen molar-refractivity contribution in [2.75, 3.05) is 5.73 Å². The molecular weight excluding hydrogens is 340 g/mol. The van der Waals surface area contributed by atoms with Crippen molar-refractivity contribution in [1.29, 1.82) is 0 Å². The molecule has 0 spiro atoms. The molecule has 6 heteroatoms. The number of benzene rings is 1. The Labute approximate surface area is 156 Å². The predicted molar refractivity (Wildman–Crippen MR) is 102 cm³/mol. The third kappa shape index (κ3) is 4.30. The molecule has 27 heavy (non-hydrogen) atoms. The minimum atomic E-state index is 0.464. The first kappa shape index (κ1) is 16.8. The van der Waals surface area contributed by atoms with E-state index in [9.17, 15) is 0 Å². The summed E-state index contributed by atoms with van der Waals surface area (Å²) in [6, 6.07) is 19.3. The van der Waals surface area contributed by atoms with Crippen LogP contribution < -0.4 is 10.5 Å². The van der Waals surface area contributed by atoms with Gasteiger partial charge in [0.05, 0.1) is 5.69 Å². The summed E-state index contributed by atoms with van der Waals surface area (Å²) >= 11 is 0. The molecular formula is C21H18N4O2. The monoisotopic (exact) mass is 358 g/mol. The zero-order chi connectivity index (χ0) is 18.5. The molecule has 3 heterocycles. The van der Waals surface area contributed by atoms with Crippen LogP contribution in [0.25, 0.3) is 11.3 Å². The summed E-state index contributed by atoms with van der Waals surface area (Å²) in [5.74, 6) is 1.76. The van der Waals surface area contributed by atoms with E-state index in [0.29, 0.717) is 30.5 Å². The van der Waals surface area contributed by atoms with Gasteiger partial charge in [-0.05, 0) is 29.3 Å². The Bertz CT molecular complexity index is 1010. The Hall–Kier alpha value is -3.67. The van der Waals surface area contributed by atoms with E-state index in [1.54, 1.807) is 18.5 Å². The van der Waals surface area contributed by atoms with Crippen LogP contribution in [0.3, 0.4) is 0 Å². The fraction of sp³-hybridized carbons (Fsp3) is 0.0952. The molecule has 0 saturated heterocycles. The highest BCUT2D eigenvalue weighted by Crippen LogP contribution is 2.21. The maximum Gasteiger partial charge on any atom is 0.213 e. The lowest BCUT2D eigenvalue weighted by Gasteiger charge is -2.06. The van der Waals surface area contributed by atoms with Gasteiger partial charge in [-0.2, -0.15) is 0 Å². The van der Waals surface area contributed by atoms with Crippen LogP contribution in [0.1, 0.15) is 16.8 Å². The third-order valence-corrected chi connectivity index (χ3v) is 4.03. The topological polar surface area (TPSA) is 87.1 Å². The zero-order valence-corrected chi connectivity index (χ0v) is 14.6. The van der Waals surface area contributed by atoms with Gasteiger partial charge in [0.1, 0.15) is 12.4 Å². The van der Waals surface area contributed by atoms with E-state index in [1.165, 1.54) is 0 Å². The molecule has 0 aliphatic carbocycles. The number of nitrogen functional groups attached to an aromatic ring is 1. The minimum Gasteiger partial charge on any atom is -0.473 e. The molecule has 0 bridgehead atoms. The smallest absolute Gasteiger partial charge is 0.213 e. The van der Waals surface area contributed by atoms with Crippen LogP contribution in [0.4, 0.5) is 5.82 Å². The summed E-state index contributed by atoms with van der Waals surface area (Å²) in [4.78, 5) is 8.24. The summed E-state index contributed by atoms with van der Waals surface area (Å²) in [6.07, 6.45) is 4.06. The molecule has 4 rings (SSSR count). The lowest BCUT2D eigenvalue weighted by molar-refractivity contribution is 0.294. The average molecular weight is 358 g/mol. The van der Waals surface area contributed by atoms with Gasteiger partial charge in [0.2, 0.25) is 5.88 Å². The molecule has 3 aromatic heterocycles. The number of pyridine rings is 2. The summed E-state index contributed by atoms with van der Waals surface area (Å²) < 4.78 is 11.1. The Morgan fingerprint density at radius 1 is 0.926 bits per heavy atom. The van der Waals surface area contributed by atoms with Gasteiger partial charge in [0.15, 0.2) is 5.76 Å². The summed E-state index contributed by atoms with van der Waals surface area (Å²) in [7, 11) is 0. The van der Waals surface area contributed by atoms with Crippen LogP contribution in [-0.2, 0) is 13.0 Å². The number of ether oxygens (including phenoxy) is 1. The van der Waals surface area contributed by atoms with Gasteiger partial charge >= 0.3 is 0 Å². The SMILES string of the molecule is Nc1ccc(-c2cc(Cc3cccc(COc4ccccn4)c3)no2)cn1. The molecule has 0 fully saturated rings. The van der Waals surface area contributed by atoms with Crippen molar-refractivity contribution in [2.45, 2.75) is 13.0 Å². The third-order valence-electron chi connectivity index (χ3n) is 4.03. The van der Waals surface area contributed by atoms with Crippen LogP contribution in [0, 0.1) is 0 Å². The molecule has 0 amide bonds. The maximum absolute atomic E-state index is 5.71. The van der Waals surface area contributed by atoms with Crippen LogP contribution in [0.15, 0.2) is 77.6 Å². The lowest BCUT2D eigenvalue weighted by atomic mass is 10.1. The number of aromatic nitrogens is 3. The Kier molecular flexibility index (Phi) is 4.78. The lowest BCUT2D eigenvalue weighted by Crippen LogP contribution is -1.98. The normalized spacial score (nSPS) is 10.7. The van der Waals surface area contributed by atoms with Gasteiger partial charge in [-0.25, -0.2) is 9.97 Å². The van der Waals surface area contributed by atoms with Gasteiger partial charge in [-0.3, -0.25) is 0 Å². The molecule has 134 valence electrons. The first-order valence-corrected chi connectivity index (χ1v) is 8.55. The van der Waals surface area contributed by atoms with Gasteiger partial charge in [-0.1, -0.05) is 35.5 Å². The molecule has 0 aliphatic heterocycles. The Morgan fingerprint density at radius 2 is 1.85 bits per heavy atom. The maximum atomic E-state index is 5.71. The quantitative estimate of drug-likeness (QED) is 0.563. The summed E-state index contributed by atoms with van der Waals surface area (Å²) in [5, 5.41) is 4.16. The number of anilines is 1. The van der Waals surface area contributed by atoms with Crippen molar-refractivity contribution in [3.8, 4) is 17.2 Å². The first-order valence-electron chi connectivity index (χ1n) is 8.55. The van der Waals surface area contributed by atoms with Crippen molar-refractivity contribution in [1.82, 2.24) is 15.1 Å². The predicted octanol–water partition coefficient (Wildman–Crippen LogP) is 3.88. The molecule has 2 N–H and O–H groups in total. The summed E-state index contributed by atoms with van der Waals surface area (Å²) in [6.45, 7) is 0.464. The molecule has 0 radical (unpaired) electrons. The molecule has 0 atom stereocenters. The van der Waals surface area contributed by atoms with Crippen LogP contribution >= 0.6 is 0 Å². The minimum absolute atomic E-state index is 0.464. The zero-order valence-electron chi connectivity index (χ0n) is 14.6. The van der Waals surface area contributed by atoms with Crippen molar-refractivity contribution < 1.29 is 9.26 Å². The van der Waals surface area contributed by atoms with E-state index in [2.05, 4.69) is 27.3 Å². The van der Waals surface area contributed by atoms with Crippen LogP contribution in [0.5, 0.6) is 5.88 Å². The highest BCUT2D eigenvalue weighted by atomic mass is 16.5. The van der Waals surface area contributed by atoms with Crippen molar-refractivity contribution in [3.05, 3.63) is 89.9 Å². The molecule has 0 aliphatic rings. The second kappa shape index (κ2) is 7.70. The van der Waals surface area contributed by atoms with Gasteiger partial charge in [0, 0.05) is 36.5 Å². The number of nitrogens with zero attached hydrogens (tertiary/aromatic N) is 3. The van der Waals surface area contributed by atoms with Crippen molar-refractivity contribution in [3.63, 3.8) is 0 Å². The van der Waals surface area contributed by atoms with Gasteiger partial charge in [0.25, 0.3) is 0 Å². The Morgan fingerprint density at radius 3 is 2.67 bits per heavy atom. The van der Waals surface area contributed by atoms with E-state index in [0.717, 1.165) is 22.4 Å². The largest absolute Gasteiger partial charge is 0.473 e. The standard InChI is InChI=1S/C21H18N4O2/c22-20-8-7-17(13-24-20)19-12-18(25-27-19)11-15-4-3-5-16(10-15)14-26-21-6-1-2-9-23-21/h1-10,12-13H,11,14H2,(H2,22,24). The average Bonchev–Trinajstić information content (AvgIpc) is 3.16. The fourth-order valence-corrected chi connectivity index (χ4v) is 2.71. The van der Waals surface area contributed by atoms with E-state index < -0.39 is 0 Å². The van der Waals surface area contributed by atoms with E-state index in [4.69, 9.17) is 15.0 Å². The highest BCUT2D eigenvalue weighted by molar-refractivity contribution is 5.57. The Balaban J connectivity index is 1.43.